The molecule has 4 heteroatoms. The van der Waals surface area contributed by atoms with Crippen molar-refractivity contribution in [1.82, 2.24) is 4.90 Å². The Bertz CT molecular complexity index is 692. The highest BCUT2D eigenvalue weighted by atomic mass is 16.5. The lowest BCUT2D eigenvalue weighted by molar-refractivity contribution is -0.117. The topological polar surface area (TPSA) is 41.6 Å². The maximum atomic E-state index is 12.2. The number of benzene rings is 2. The van der Waals surface area contributed by atoms with Crippen LogP contribution in [-0.4, -0.2) is 24.5 Å². The molecule has 23 heavy (non-hydrogen) atoms. The van der Waals surface area contributed by atoms with Gasteiger partial charge in [-0.3, -0.25) is 9.69 Å². The molecule has 0 spiro atoms. The molecular formula is C19H22N2O2. The van der Waals surface area contributed by atoms with E-state index in [2.05, 4.69) is 36.2 Å². The smallest absolute Gasteiger partial charge is 0.238 e. The molecule has 1 aliphatic rings. The van der Waals surface area contributed by atoms with E-state index in [4.69, 9.17) is 4.74 Å². The predicted octanol–water partition coefficient (Wildman–Crippen LogP) is 3.27. The van der Waals surface area contributed by atoms with Crippen LogP contribution in [0.3, 0.4) is 0 Å². The quantitative estimate of drug-likeness (QED) is 0.942. The molecule has 0 atom stereocenters. The van der Waals surface area contributed by atoms with Gasteiger partial charge in [0.1, 0.15) is 5.75 Å². The third-order valence-electron chi connectivity index (χ3n) is 4.34. The average Bonchev–Trinajstić information content (AvgIpc) is 2.89. The summed E-state index contributed by atoms with van der Waals surface area (Å²) in [6.07, 6.45) is 0. The van der Waals surface area contributed by atoms with Gasteiger partial charge >= 0.3 is 0 Å². The van der Waals surface area contributed by atoms with Gasteiger partial charge in [0.2, 0.25) is 5.91 Å². The fourth-order valence-electron chi connectivity index (χ4n) is 2.96. The van der Waals surface area contributed by atoms with Crippen LogP contribution >= 0.6 is 0 Å². The molecule has 1 aliphatic heterocycles. The zero-order chi connectivity index (χ0) is 16.4. The maximum absolute atomic E-state index is 12.2. The number of rotatable bonds is 4. The first-order valence-corrected chi connectivity index (χ1v) is 7.80. The van der Waals surface area contributed by atoms with Gasteiger partial charge in [-0.2, -0.15) is 0 Å². The summed E-state index contributed by atoms with van der Waals surface area (Å²) < 4.78 is 5.12. The van der Waals surface area contributed by atoms with E-state index in [0.29, 0.717) is 6.54 Å². The zero-order valence-corrected chi connectivity index (χ0v) is 13.8. The van der Waals surface area contributed by atoms with Crippen LogP contribution in [0.25, 0.3) is 0 Å². The first-order valence-electron chi connectivity index (χ1n) is 7.80. The Morgan fingerprint density at radius 3 is 2.17 bits per heavy atom. The van der Waals surface area contributed by atoms with Crippen LogP contribution in [0.1, 0.15) is 22.3 Å². The number of fused-ring (bicyclic) bond motifs is 1. The fourth-order valence-corrected chi connectivity index (χ4v) is 2.96. The van der Waals surface area contributed by atoms with Gasteiger partial charge in [0, 0.05) is 18.8 Å². The van der Waals surface area contributed by atoms with Crippen molar-refractivity contribution in [3.63, 3.8) is 0 Å². The molecule has 1 heterocycles. The van der Waals surface area contributed by atoms with E-state index in [9.17, 15) is 4.79 Å². The Labute approximate surface area is 137 Å². The first kappa shape index (κ1) is 15.6. The summed E-state index contributed by atoms with van der Waals surface area (Å²) in [6.45, 7) is 6.35. The van der Waals surface area contributed by atoms with E-state index < -0.39 is 0 Å². The molecule has 1 amide bonds. The highest BCUT2D eigenvalue weighted by Gasteiger charge is 2.21. The monoisotopic (exact) mass is 310 g/mol. The summed E-state index contributed by atoms with van der Waals surface area (Å²) in [6, 6.07) is 11.9. The van der Waals surface area contributed by atoms with Crippen molar-refractivity contribution in [2.24, 2.45) is 0 Å². The first-order chi connectivity index (χ1) is 11.0. The summed E-state index contributed by atoms with van der Waals surface area (Å²) in [5, 5.41) is 2.93. The maximum Gasteiger partial charge on any atom is 0.238 e. The van der Waals surface area contributed by atoms with Crippen LogP contribution < -0.4 is 10.1 Å². The normalized spacial score (nSPS) is 13.7. The van der Waals surface area contributed by atoms with E-state index in [1.807, 2.05) is 24.3 Å². The van der Waals surface area contributed by atoms with Crippen molar-refractivity contribution >= 4 is 11.6 Å². The highest BCUT2D eigenvalue weighted by Crippen LogP contribution is 2.25. The van der Waals surface area contributed by atoms with Crippen LogP contribution in [0, 0.1) is 13.8 Å². The second-order valence-corrected chi connectivity index (χ2v) is 6.13. The van der Waals surface area contributed by atoms with Crippen LogP contribution in [0.15, 0.2) is 36.4 Å². The van der Waals surface area contributed by atoms with Gasteiger partial charge < -0.3 is 10.1 Å². The molecule has 4 nitrogen and oxygen atoms in total. The van der Waals surface area contributed by atoms with Gasteiger partial charge in [0.15, 0.2) is 0 Å². The average molecular weight is 310 g/mol. The minimum atomic E-state index is 0.0106. The van der Waals surface area contributed by atoms with Gasteiger partial charge in [-0.25, -0.2) is 0 Å². The van der Waals surface area contributed by atoms with Crippen LogP contribution in [0.4, 0.5) is 5.69 Å². The minimum Gasteiger partial charge on any atom is -0.497 e. The Morgan fingerprint density at radius 1 is 1.09 bits per heavy atom. The second-order valence-electron chi connectivity index (χ2n) is 6.13. The van der Waals surface area contributed by atoms with Crippen molar-refractivity contribution in [3.8, 4) is 5.75 Å². The lowest BCUT2D eigenvalue weighted by atomic mass is 10.0. The van der Waals surface area contributed by atoms with Crippen molar-refractivity contribution in [3.05, 3.63) is 58.7 Å². The van der Waals surface area contributed by atoms with Crippen molar-refractivity contribution in [2.75, 3.05) is 19.0 Å². The molecule has 0 saturated carbocycles. The highest BCUT2D eigenvalue weighted by molar-refractivity contribution is 5.92. The third-order valence-corrected chi connectivity index (χ3v) is 4.34. The van der Waals surface area contributed by atoms with Crippen molar-refractivity contribution in [2.45, 2.75) is 26.9 Å². The van der Waals surface area contributed by atoms with Gasteiger partial charge in [0.05, 0.1) is 13.7 Å². The van der Waals surface area contributed by atoms with Gasteiger partial charge in [-0.1, -0.05) is 12.1 Å². The zero-order valence-electron chi connectivity index (χ0n) is 13.8. The molecular weight excluding hydrogens is 288 g/mol. The second kappa shape index (κ2) is 6.42. The van der Waals surface area contributed by atoms with E-state index in [1.165, 1.54) is 22.3 Å². The number of nitrogens with one attached hydrogen (secondary N) is 1. The van der Waals surface area contributed by atoms with Gasteiger partial charge in [0.25, 0.3) is 0 Å². The molecule has 3 rings (SSSR count). The number of amides is 1. The Balaban J connectivity index is 1.59. The molecule has 0 aliphatic carbocycles. The lowest BCUT2D eigenvalue weighted by Gasteiger charge is -2.14. The Kier molecular flexibility index (Phi) is 4.35. The molecule has 120 valence electrons. The van der Waals surface area contributed by atoms with Crippen LogP contribution in [0.5, 0.6) is 5.75 Å². The van der Waals surface area contributed by atoms with Gasteiger partial charge in [-0.05, 0) is 60.4 Å². The van der Waals surface area contributed by atoms with Crippen molar-refractivity contribution < 1.29 is 9.53 Å². The molecule has 0 bridgehead atoms. The fraction of sp³-hybridized carbons (Fsp3) is 0.316. The van der Waals surface area contributed by atoms with Crippen molar-refractivity contribution in [1.29, 1.82) is 0 Å². The van der Waals surface area contributed by atoms with E-state index in [0.717, 1.165) is 24.5 Å². The summed E-state index contributed by atoms with van der Waals surface area (Å²) in [4.78, 5) is 14.4. The summed E-state index contributed by atoms with van der Waals surface area (Å²) in [5.74, 6) is 0.792. The lowest BCUT2D eigenvalue weighted by Crippen LogP contribution is -2.29. The van der Waals surface area contributed by atoms with E-state index in [-0.39, 0.29) is 5.91 Å². The number of anilines is 1. The number of carbonyl (C=O) groups excluding carboxylic acids is 1. The number of hydrogen-bond acceptors (Lipinski definition) is 3. The Hall–Kier alpha value is -2.33. The molecule has 2 aromatic carbocycles. The Morgan fingerprint density at radius 2 is 1.65 bits per heavy atom. The number of methoxy groups -OCH3 is 1. The number of carbonyl (C=O) groups is 1. The molecule has 0 radical (unpaired) electrons. The number of aryl methyl sites for hydroxylation is 2. The van der Waals surface area contributed by atoms with E-state index in [1.54, 1.807) is 7.11 Å². The number of ether oxygens (including phenoxy) is 1. The summed E-state index contributed by atoms with van der Waals surface area (Å²) in [7, 11) is 1.63. The predicted molar refractivity (Wildman–Crippen MR) is 91.7 cm³/mol. The molecule has 0 aromatic heterocycles. The van der Waals surface area contributed by atoms with Crippen LogP contribution in [-0.2, 0) is 17.9 Å². The number of nitrogens with zero attached hydrogens (tertiary/aromatic N) is 1. The third kappa shape index (κ3) is 3.54. The van der Waals surface area contributed by atoms with E-state index >= 15 is 0 Å². The molecule has 0 saturated heterocycles. The molecule has 0 unspecified atom stereocenters. The molecule has 1 N–H and O–H groups in total. The minimum absolute atomic E-state index is 0.0106. The van der Waals surface area contributed by atoms with Gasteiger partial charge in [-0.15, -0.1) is 0 Å². The largest absolute Gasteiger partial charge is 0.497 e. The standard InChI is InChI=1S/C19H22N2O2/c1-13-8-15-10-21(11-16(15)9-14(13)2)12-19(22)20-17-4-6-18(23-3)7-5-17/h4-9H,10-12H2,1-3H3,(H,20,22). The molecule has 0 fully saturated rings. The van der Waals surface area contributed by atoms with Crippen LogP contribution in [0.2, 0.25) is 0 Å². The summed E-state index contributed by atoms with van der Waals surface area (Å²) >= 11 is 0. The number of hydrogen-bond donors (Lipinski definition) is 1. The molecule has 2 aromatic rings. The summed E-state index contributed by atoms with van der Waals surface area (Å²) in [5.41, 5.74) is 6.09. The SMILES string of the molecule is COc1ccc(NC(=O)CN2Cc3cc(C)c(C)cc3C2)cc1.